The molecule has 3 N–H and O–H groups in total. The topological polar surface area (TPSA) is 124 Å². The van der Waals surface area contributed by atoms with Crippen LogP contribution in [-0.4, -0.2) is 64.3 Å². The van der Waals surface area contributed by atoms with Crippen molar-refractivity contribution in [1.29, 1.82) is 0 Å². The predicted molar refractivity (Wildman–Crippen MR) is 149 cm³/mol. The van der Waals surface area contributed by atoms with Crippen molar-refractivity contribution in [3.05, 3.63) is 63.3 Å². The molecule has 198 valence electrons. The van der Waals surface area contributed by atoms with Crippen molar-refractivity contribution in [3.63, 3.8) is 0 Å². The predicted octanol–water partition coefficient (Wildman–Crippen LogP) is 4.79. The minimum absolute atomic E-state index is 0.219. The Morgan fingerprint density at radius 1 is 1.26 bits per heavy atom. The highest BCUT2D eigenvalue weighted by atomic mass is 32.1. The van der Waals surface area contributed by atoms with Crippen molar-refractivity contribution in [3.8, 4) is 5.75 Å². The second-order valence-electron chi connectivity index (χ2n) is 9.27. The number of aliphatic hydroxyl groups is 1. The number of ether oxygens (including phenoxy) is 1. The van der Waals surface area contributed by atoms with Gasteiger partial charge in [-0.05, 0) is 53.4 Å². The largest absolute Gasteiger partial charge is 0.497 e. The molecule has 0 bridgehead atoms. The van der Waals surface area contributed by atoms with Crippen molar-refractivity contribution in [2.75, 3.05) is 20.2 Å². The molecule has 0 saturated carbocycles. The number of carbonyl (C=O) groups is 2. The lowest BCUT2D eigenvalue weighted by molar-refractivity contribution is 0.0602. The Morgan fingerprint density at radius 2 is 2.05 bits per heavy atom. The maximum atomic E-state index is 11.9. The molecule has 3 aromatic rings. The molecule has 6 rings (SSSR count). The van der Waals surface area contributed by atoms with Crippen LogP contribution in [-0.2, 0) is 6.54 Å². The highest BCUT2D eigenvalue weighted by molar-refractivity contribution is 7.14. The number of thiophene rings is 2. The summed E-state index contributed by atoms with van der Waals surface area (Å²) in [7, 11) is 1.66. The molecule has 1 aromatic carbocycles. The smallest absolute Gasteiger partial charge is 0.339 e. The Hall–Kier alpha value is -3.54. The van der Waals surface area contributed by atoms with E-state index < -0.39 is 11.6 Å². The van der Waals surface area contributed by atoms with Gasteiger partial charge in [-0.25, -0.2) is 14.8 Å². The molecule has 2 aromatic heterocycles. The maximum Gasteiger partial charge on any atom is 0.339 e. The summed E-state index contributed by atoms with van der Waals surface area (Å²) in [5.74, 6) is 1.10. The van der Waals surface area contributed by atoms with Crippen molar-refractivity contribution >= 4 is 56.1 Å². The van der Waals surface area contributed by atoms with Crippen LogP contribution in [0.2, 0.25) is 0 Å². The number of methoxy groups -OCH3 is 1. The number of fused-ring (bicyclic) bond motifs is 2. The molecule has 0 aliphatic carbocycles. The third-order valence-electron chi connectivity index (χ3n) is 6.78. The highest BCUT2D eigenvalue weighted by Gasteiger charge is 2.49. The lowest BCUT2D eigenvalue weighted by Gasteiger charge is -2.23. The van der Waals surface area contributed by atoms with E-state index in [-0.39, 0.29) is 5.78 Å². The number of Topliss-reactive ketones (excluding diaryl/α,β-unsaturated/α-hetero) is 1. The summed E-state index contributed by atoms with van der Waals surface area (Å²) in [6, 6.07) is 9.72. The lowest BCUT2D eigenvalue weighted by Crippen LogP contribution is -2.47. The van der Waals surface area contributed by atoms with E-state index in [9.17, 15) is 19.8 Å². The Balaban J connectivity index is 0.000000177. The summed E-state index contributed by atoms with van der Waals surface area (Å²) < 4.78 is 5.19. The SMILES string of the molecule is COc1ccc(CN2CCCC2=Nc2scc(C)c2C(=O)O)cc1.O=C1c2ccsc2N=C2NCCC12O. The number of amidine groups is 2. The number of carbonyl (C=O) groups excluding carboxylic acids is 1. The number of aliphatic imine (C=N–C) groups is 2. The van der Waals surface area contributed by atoms with E-state index in [0.29, 0.717) is 39.9 Å². The molecule has 38 heavy (non-hydrogen) atoms. The Labute approximate surface area is 228 Å². The first-order chi connectivity index (χ1) is 18.3. The molecule has 2 saturated heterocycles. The number of carboxylic acids is 1. The zero-order valence-corrected chi connectivity index (χ0v) is 22.7. The molecular formula is C27H28N4O5S2. The van der Waals surface area contributed by atoms with Gasteiger partial charge in [-0.15, -0.1) is 22.7 Å². The lowest BCUT2D eigenvalue weighted by atomic mass is 9.90. The summed E-state index contributed by atoms with van der Waals surface area (Å²) >= 11 is 2.81. The van der Waals surface area contributed by atoms with E-state index in [1.807, 2.05) is 41.9 Å². The van der Waals surface area contributed by atoms with Crippen LogP contribution in [0.1, 0.15) is 51.1 Å². The Bertz CT molecular complexity index is 1430. The number of hydrogen-bond donors (Lipinski definition) is 3. The van der Waals surface area contributed by atoms with Crippen LogP contribution in [0, 0.1) is 6.92 Å². The van der Waals surface area contributed by atoms with Gasteiger partial charge in [0.15, 0.2) is 5.60 Å². The van der Waals surface area contributed by atoms with Crippen LogP contribution in [0.3, 0.4) is 0 Å². The number of ketones is 1. The molecule has 0 amide bonds. The minimum atomic E-state index is -1.38. The number of benzene rings is 1. The van der Waals surface area contributed by atoms with Crippen LogP contribution in [0.5, 0.6) is 5.75 Å². The van der Waals surface area contributed by atoms with Crippen LogP contribution in [0.4, 0.5) is 10.0 Å². The van der Waals surface area contributed by atoms with E-state index in [1.165, 1.54) is 28.2 Å². The van der Waals surface area contributed by atoms with E-state index >= 15 is 0 Å². The average Bonchev–Trinajstić information content (AvgIpc) is 3.69. The van der Waals surface area contributed by atoms with E-state index in [0.717, 1.165) is 43.1 Å². The molecular weight excluding hydrogens is 524 g/mol. The summed E-state index contributed by atoms with van der Waals surface area (Å²) in [5.41, 5.74) is 1.44. The normalized spacial score (nSPS) is 20.8. The summed E-state index contributed by atoms with van der Waals surface area (Å²) in [6.45, 7) is 4.14. The number of hydrogen-bond acceptors (Lipinski definition) is 9. The van der Waals surface area contributed by atoms with E-state index in [4.69, 9.17) is 4.74 Å². The van der Waals surface area contributed by atoms with Crippen molar-refractivity contribution in [1.82, 2.24) is 10.2 Å². The molecule has 3 aliphatic heterocycles. The van der Waals surface area contributed by atoms with Crippen molar-refractivity contribution in [2.24, 2.45) is 9.98 Å². The van der Waals surface area contributed by atoms with Crippen LogP contribution in [0.25, 0.3) is 0 Å². The zero-order valence-electron chi connectivity index (χ0n) is 21.1. The quantitative estimate of drug-likeness (QED) is 0.416. The summed E-state index contributed by atoms with van der Waals surface area (Å²) in [6.07, 6.45) is 2.34. The number of nitrogens with one attached hydrogen (secondary N) is 1. The summed E-state index contributed by atoms with van der Waals surface area (Å²) in [5, 5.41) is 27.4. The first-order valence-electron chi connectivity index (χ1n) is 12.2. The first-order valence-corrected chi connectivity index (χ1v) is 14.0. The zero-order chi connectivity index (χ0) is 26.9. The monoisotopic (exact) mass is 552 g/mol. The molecule has 5 heterocycles. The van der Waals surface area contributed by atoms with Gasteiger partial charge in [-0.1, -0.05) is 12.1 Å². The second kappa shape index (κ2) is 10.7. The molecule has 1 unspecified atom stereocenters. The van der Waals surface area contributed by atoms with Gasteiger partial charge in [0.2, 0.25) is 5.78 Å². The molecule has 1 atom stereocenters. The highest BCUT2D eigenvalue weighted by Crippen LogP contribution is 2.37. The molecule has 0 radical (unpaired) electrons. The number of rotatable bonds is 5. The van der Waals surface area contributed by atoms with Gasteiger partial charge in [-0.3, -0.25) is 4.79 Å². The Morgan fingerprint density at radius 3 is 2.79 bits per heavy atom. The first kappa shape index (κ1) is 26.1. The molecule has 2 fully saturated rings. The summed E-state index contributed by atoms with van der Waals surface area (Å²) in [4.78, 5) is 34.5. The van der Waals surface area contributed by atoms with Crippen LogP contribution < -0.4 is 10.1 Å². The van der Waals surface area contributed by atoms with Crippen molar-refractivity contribution in [2.45, 2.75) is 38.3 Å². The number of carboxylic acid groups (broad SMARTS) is 1. The van der Waals surface area contributed by atoms with Gasteiger partial charge in [0.1, 0.15) is 27.4 Å². The van der Waals surface area contributed by atoms with Crippen LogP contribution in [0.15, 0.2) is 51.1 Å². The van der Waals surface area contributed by atoms with Gasteiger partial charge >= 0.3 is 5.97 Å². The van der Waals surface area contributed by atoms with Crippen molar-refractivity contribution < 1.29 is 24.5 Å². The third-order valence-corrected chi connectivity index (χ3v) is 8.57. The van der Waals surface area contributed by atoms with Gasteiger partial charge in [0.05, 0.1) is 18.2 Å². The van der Waals surface area contributed by atoms with Gasteiger partial charge in [-0.2, -0.15) is 0 Å². The number of likely N-dealkylation sites (tertiary alicyclic amines) is 1. The molecule has 0 spiro atoms. The fraction of sp³-hybridized carbons (Fsp3) is 0.333. The number of aryl methyl sites for hydroxylation is 1. The fourth-order valence-electron chi connectivity index (χ4n) is 4.72. The molecule has 9 nitrogen and oxygen atoms in total. The second-order valence-corrected chi connectivity index (χ2v) is 11.0. The van der Waals surface area contributed by atoms with Crippen LogP contribution >= 0.6 is 22.7 Å². The minimum Gasteiger partial charge on any atom is -0.497 e. The molecule has 11 heteroatoms. The maximum absolute atomic E-state index is 11.9. The van der Waals surface area contributed by atoms with Gasteiger partial charge < -0.3 is 25.2 Å². The van der Waals surface area contributed by atoms with Gasteiger partial charge in [0.25, 0.3) is 0 Å². The van der Waals surface area contributed by atoms with E-state index in [2.05, 4.69) is 20.2 Å². The van der Waals surface area contributed by atoms with Gasteiger partial charge in [0, 0.05) is 32.5 Å². The third kappa shape index (κ3) is 4.96. The Kier molecular flexibility index (Phi) is 7.33. The van der Waals surface area contributed by atoms with E-state index in [1.54, 1.807) is 13.2 Å². The fourth-order valence-corrected chi connectivity index (χ4v) is 6.41. The number of nitrogens with zero attached hydrogens (tertiary/aromatic N) is 3. The molecule has 3 aliphatic rings. The standard InChI is InChI=1S/C18H20N2O3S.C9H8N2O2S/c1-12-11-24-17(16(12)18(21)22)19-15-4-3-9-20(15)10-13-5-7-14(23-2)8-6-13;12-6-5-1-4-14-7(5)11-8-9(6,13)2-3-10-8/h5-8,11H,3-4,9-10H2,1-2H3,(H,21,22);1,4,13H,2-3H2,(H,10,11). The number of aromatic carboxylic acids is 1. The average molecular weight is 553 g/mol.